The maximum absolute atomic E-state index is 12.1. The number of alkyl halides is 4. The van der Waals surface area contributed by atoms with Gasteiger partial charge in [0.1, 0.15) is 5.75 Å². The quantitative estimate of drug-likeness (QED) is 0.837. The van der Waals surface area contributed by atoms with Crippen molar-refractivity contribution in [1.82, 2.24) is 0 Å². The average molecular weight is 283 g/mol. The van der Waals surface area contributed by atoms with Gasteiger partial charge in [-0.15, -0.1) is 24.8 Å². The molecular weight excluding hydrogens is 273 g/mol. The molecule has 7 heteroatoms. The van der Waals surface area contributed by atoms with Crippen molar-refractivity contribution in [3.63, 3.8) is 0 Å². The fraction of sp³-hybridized carbons (Fsp3) is 0.364. The molecule has 0 amide bonds. The summed E-state index contributed by atoms with van der Waals surface area (Å²) in [6.07, 6.45) is -5.01. The zero-order valence-electron chi connectivity index (χ0n) is 9.08. The molecule has 0 aliphatic heterocycles. The van der Waals surface area contributed by atoms with Crippen molar-refractivity contribution in [1.29, 1.82) is 0 Å². The van der Waals surface area contributed by atoms with Crippen molar-refractivity contribution in [2.75, 3.05) is 0 Å². The molecular formula is C11H10ClF3O3. The second-order valence-electron chi connectivity index (χ2n) is 3.49. The van der Waals surface area contributed by atoms with Gasteiger partial charge in [0.2, 0.25) is 0 Å². The molecule has 1 aromatic carbocycles. The Labute approximate surface area is 106 Å². The van der Waals surface area contributed by atoms with E-state index in [9.17, 15) is 18.0 Å². The van der Waals surface area contributed by atoms with Crippen LogP contribution in [0.4, 0.5) is 13.2 Å². The molecule has 100 valence electrons. The van der Waals surface area contributed by atoms with Crippen molar-refractivity contribution in [2.45, 2.75) is 24.6 Å². The maximum Gasteiger partial charge on any atom is 0.573 e. The maximum atomic E-state index is 12.1. The molecule has 1 atom stereocenters. The number of aliphatic carboxylic acids is 1. The predicted molar refractivity (Wildman–Crippen MR) is 58.6 cm³/mol. The van der Waals surface area contributed by atoms with E-state index in [2.05, 4.69) is 4.74 Å². The molecule has 0 aliphatic rings. The highest BCUT2D eigenvalue weighted by atomic mass is 35.5. The first-order valence-corrected chi connectivity index (χ1v) is 5.44. The molecule has 1 N–H and O–H groups in total. The number of carbonyl (C=O) groups is 1. The third-order valence-corrected chi connectivity index (χ3v) is 2.55. The lowest BCUT2D eigenvalue weighted by molar-refractivity contribution is -0.274. The molecule has 0 saturated heterocycles. The molecule has 1 rings (SSSR count). The number of hydrogen-bond donors (Lipinski definition) is 1. The summed E-state index contributed by atoms with van der Waals surface area (Å²) in [6, 6.07) is 5.40. The Kier molecular flexibility index (Phi) is 4.84. The summed E-state index contributed by atoms with van der Waals surface area (Å²) < 4.78 is 40.2. The number of halogens is 4. The van der Waals surface area contributed by atoms with Gasteiger partial charge in [0.05, 0.1) is 5.38 Å². The first-order valence-electron chi connectivity index (χ1n) is 5.00. The summed E-state index contributed by atoms with van der Waals surface area (Å²) in [5.41, 5.74) is 0.123. The Morgan fingerprint density at radius 3 is 2.56 bits per heavy atom. The van der Waals surface area contributed by atoms with E-state index in [1.165, 1.54) is 18.2 Å². The molecule has 1 aromatic rings. The van der Waals surface area contributed by atoms with Crippen LogP contribution in [0.15, 0.2) is 24.3 Å². The monoisotopic (exact) mass is 282 g/mol. The van der Waals surface area contributed by atoms with E-state index in [1.54, 1.807) is 0 Å². The van der Waals surface area contributed by atoms with Crippen LogP contribution in [0.2, 0.25) is 0 Å². The molecule has 0 heterocycles. The van der Waals surface area contributed by atoms with Gasteiger partial charge in [0.15, 0.2) is 0 Å². The predicted octanol–water partition coefficient (Wildman–Crippen LogP) is 3.73. The number of rotatable bonds is 5. The first kappa shape index (κ1) is 14.6. The van der Waals surface area contributed by atoms with Gasteiger partial charge >= 0.3 is 12.3 Å². The number of ether oxygens (including phenoxy) is 1. The smallest absolute Gasteiger partial charge is 0.481 e. The van der Waals surface area contributed by atoms with E-state index in [-0.39, 0.29) is 18.4 Å². The van der Waals surface area contributed by atoms with Gasteiger partial charge in [0, 0.05) is 12.0 Å². The minimum atomic E-state index is -4.81. The van der Waals surface area contributed by atoms with Crippen molar-refractivity contribution in [3.8, 4) is 5.75 Å². The second kappa shape index (κ2) is 5.95. The van der Waals surface area contributed by atoms with E-state index in [0.29, 0.717) is 0 Å². The fourth-order valence-corrected chi connectivity index (χ4v) is 1.65. The Balaban J connectivity index is 2.84. The highest BCUT2D eigenvalue weighted by Crippen LogP contribution is 2.35. The topological polar surface area (TPSA) is 46.5 Å². The van der Waals surface area contributed by atoms with Gasteiger partial charge in [-0.05, 0) is 12.5 Å². The average Bonchev–Trinajstić information content (AvgIpc) is 2.24. The zero-order valence-corrected chi connectivity index (χ0v) is 9.83. The Morgan fingerprint density at radius 2 is 2.00 bits per heavy atom. The lowest BCUT2D eigenvalue weighted by atomic mass is 10.1. The molecule has 0 spiro atoms. The van der Waals surface area contributed by atoms with Gasteiger partial charge in [-0.3, -0.25) is 4.79 Å². The number of hydrogen-bond acceptors (Lipinski definition) is 2. The van der Waals surface area contributed by atoms with E-state index in [0.717, 1.165) is 6.07 Å². The van der Waals surface area contributed by atoms with Gasteiger partial charge in [-0.25, -0.2) is 0 Å². The van der Waals surface area contributed by atoms with E-state index >= 15 is 0 Å². The van der Waals surface area contributed by atoms with Crippen LogP contribution in [-0.2, 0) is 4.79 Å². The van der Waals surface area contributed by atoms with Crippen LogP contribution in [0.3, 0.4) is 0 Å². The van der Waals surface area contributed by atoms with Crippen LogP contribution in [0, 0.1) is 0 Å². The summed E-state index contributed by atoms with van der Waals surface area (Å²) in [7, 11) is 0. The third-order valence-electron chi connectivity index (χ3n) is 2.09. The number of benzene rings is 1. The van der Waals surface area contributed by atoms with Gasteiger partial charge in [0.25, 0.3) is 0 Å². The van der Waals surface area contributed by atoms with E-state index in [1.807, 2.05) is 0 Å². The molecule has 0 aromatic heterocycles. The van der Waals surface area contributed by atoms with Crippen LogP contribution in [0.5, 0.6) is 5.75 Å². The van der Waals surface area contributed by atoms with Crippen molar-refractivity contribution in [3.05, 3.63) is 29.8 Å². The number of carboxylic acids is 1. The van der Waals surface area contributed by atoms with Crippen LogP contribution in [0.1, 0.15) is 23.8 Å². The van der Waals surface area contributed by atoms with E-state index in [4.69, 9.17) is 16.7 Å². The lowest BCUT2D eigenvalue weighted by Crippen LogP contribution is -2.18. The van der Waals surface area contributed by atoms with Crippen molar-refractivity contribution >= 4 is 17.6 Å². The Hall–Kier alpha value is -1.43. The fourth-order valence-electron chi connectivity index (χ4n) is 1.36. The minimum absolute atomic E-state index is 0.0229. The molecule has 0 radical (unpaired) electrons. The normalized spacial score (nSPS) is 13.1. The summed E-state index contributed by atoms with van der Waals surface area (Å²) in [5.74, 6) is -1.47. The Morgan fingerprint density at radius 1 is 1.39 bits per heavy atom. The summed E-state index contributed by atoms with van der Waals surface area (Å²) >= 11 is 5.87. The second-order valence-corrected chi connectivity index (χ2v) is 4.01. The molecule has 0 aliphatic carbocycles. The molecule has 1 unspecified atom stereocenters. The number of para-hydroxylation sites is 1. The number of carboxylic acid groups (broad SMARTS) is 1. The molecule has 0 bridgehead atoms. The summed E-state index contributed by atoms with van der Waals surface area (Å²) in [5, 5.41) is 7.65. The zero-order chi connectivity index (χ0) is 13.8. The SMILES string of the molecule is O=C(O)CCC(Cl)c1ccccc1OC(F)(F)F. The molecule has 3 nitrogen and oxygen atoms in total. The van der Waals surface area contributed by atoms with Crippen molar-refractivity contribution in [2.24, 2.45) is 0 Å². The molecule has 0 fully saturated rings. The third kappa shape index (κ3) is 4.83. The van der Waals surface area contributed by atoms with Crippen LogP contribution in [0.25, 0.3) is 0 Å². The molecule has 0 saturated carbocycles. The Bertz CT molecular complexity index is 420. The van der Waals surface area contributed by atoms with Gasteiger partial charge in [-0.1, -0.05) is 18.2 Å². The molecule has 18 heavy (non-hydrogen) atoms. The highest BCUT2D eigenvalue weighted by Gasteiger charge is 2.32. The van der Waals surface area contributed by atoms with Gasteiger partial charge < -0.3 is 9.84 Å². The van der Waals surface area contributed by atoms with Crippen LogP contribution >= 0.6 is 11.6 Å². The van der Waals surface area contributed by atoms with Crippen molar-refractivity contribution < 1.29 is 27.8 Å². The highest BCUT2D eigenvalue weighted by molar-refractivity contribution is 6.21. The minimum Gasteiger partial charge on any atom is -0.481 e. The lowest BCUT2D eigenvalue weighted by Gasteiger charge is -2.16. The summed E-state index contributed by atoms with van der Waals surface area (Å²) in [6.45, 7) is 0. The van der Waals surface area contributed by atoms with Crippen LogP contribution < -0.4 is 4.74 Å². The summed E-state index contributed by atoms with van der Waals surface area (Å²) in [4.78, 5) is 10.4. The van der Waals surface area contributed by atoms with Gasteiger partial charge in [-0.2, -0.15) is 0 Å². The van der Waals surface area contributed by atoms with E-state index < -0.39 is 23.5 Å². The van der Waals surface area contributed by atoms with Crippen LogP contribution in [-0.4, -0.2) is 17.4 Å². The largest absolute Gasteiger partial charge is 0.573 e. The standard InChI is InChI=1S/C11H10ClF3O3/c12-8(5-6-10(16)17)7-3-1-2-4-9(7)18-11(13,14)15/h1-4,8H,5-6H2,(H,16,17). The first-order chi connectivity index (χ1) is 8.29.